The van der Waals surface area contributed by atoms with Crippen LogP contribution in [0.15, 0.2) is 93.3 Å². The van der Waals surface area contributed by atoms with Crippen molar-refractivity contribution in [2.75, 3.05) is 4.67 Å². The summed E-state index contributed by atoms with van der Waals surface area (Å²) in [5, 5.41) is 2.26. The number of rotatable bonds is 5. The lowest BCUT2D eigenvalue weighted by Gasteiger charge is -2.32. The lowest BCUT2D eigenvalue weighted by atomic mass is 9.77. The lowest BCUT2D eigenvalue weighted by Crippen LogP contribution is -2.27. The van der Waals surface area contributed by atoms with Gasteiger partial charge in [-0.25, -0.2) is 0 Å². The molecule has 0 fully saturated rings. The van der Waals surface area contributed by atoms with Crippen molar-refractivity contribution in [2.24, 2.45) is 0 Å². The molecule has 4 aromatic carbocycles. The SMILES string of the molecule is C[C@@H](c1ccccc1)N([C@@H](C)c1ccccc1)p1oc2c(C(C)(C)C)cc(C(C)(C)C)cc2c2cc(C(C)(C)C)cc(C(C)(C)C)c2o1. The van der Waals surface area contributed by atoms with Gasteiger partial charge < -0.3 is 8.39 Å². The van der Waals surface area contributed by atoms with Crippen molar-refractivity contribution in [3.63, 3.8) is 0 Å². The van der Waals surface area contributed by atoms with Crippen molar-refractivity contribution in [3.8, 4) is 0 Å². The summed E-state index contributed by atoms with van der Waals surface area (Å²) in [5.74, 6) is 0. The van der Waals surface area contributed by atoms with Gasteiger partial charge in [-0.3, -0.25) is 0 Å². The highest BCUT2D eigenvalue weighted by atomic mass is 31.1. The number of nitrogens with zero attached hydrogens (tertiary/aromatic N) is 1. The van der Waals surface area contributed by atoms with Gasteiger partial charge in [-0.1, -0.05) is 156 Å². The molecule has 1 aromatic heterocycles. The van der Waals surface area contributed by atoms with E-state index in [-0.39, 0.29) is 33.7 Å². The maximum atomic E-state index is 7.47. The molecule has 0 amide bonds. The Balaban J connectivity index is 2.06. The van der Waals surface area contributed by atoms with E-state index in [2.05, 4.69) is 187 Å². The minimum absolute atomic E-state index is 0.0244. The monoisotopic (exact) mass is 663 g/mol. The molecule has 0 aliphatic rings. The lowest BCUT2D eigenvalue weighted by molar-refractivity contribution is 0.536. The second kappa shape index (κ2) is 12.9. The predicted octanol–water partition coefficient (Wildman–Crippen LogP) is 13.9. The second-order valence-corrected chi connectivity index (χ2v) is 19.1. The zero-order chi connectivity index (χ0) is 35.4. The molecule has 5 aromatic rings. The third-order valence-electron chi connectivity index (χ3n) is 9.70. The fourth-order valence-corrected chi connectivity index (χ4v) is 8.25. The molecule has 5 rings (SSSR count). The second-order valence-electron chi connectivity index (χ2n) is 17.8. The molecule has 0 radical (unpaired) electrons. The molecule has 0 saturated heterocycles. The molecule has 0 unspecified atom stereocenters. The summed E-state index contributed by atoms with van der Waals surface area (Å²) in [5.41, 5.74) is 8.98. The topological polar surface area (TPSA) is 29.5 Å². The summed E-state index contributed by atoms with van der Waals surface area (Å²) < 4.78 is 17.4. The fraction of sp³-hybridized carbons (Fsp3) is 0.455. The first-order chi connectivity index (χ1) is 22.2. The molecular formula is C44H58NO2P. The summed E-state index contributed by atoms with van der Waals surface area (Å²) in [4.78, 5) is 0. The molecule has 48 heavy (non-hydrogen) atoms. The van der Waals surface area contributed by atoms with Crippen LogP contribution in [0.1, 0.15) is 142 Å². The van der Waals surface area contributed by atoms with Gasteiger partial charge in [0.2, 0.25) is 0 Å². The van der Waals surface area contributed by atoms with E-state index in [9.17, 15) is 0 Å². The third-order valence-corrected chi connectivity index (χ3v) is 11.4. The fourth-order valence-electron chi connectivity index (χ4n) is 6.49. The average Bonchev–Trinajstić information content (AvgIpc) is 3.15. The Kier molecular flexibility index (Phi) is 9.67. The highest BCUT2D eigenvalue weighted by Gasteiger charge is 2.33. The summed E-state index contributed by atoms with van der Waals surface area (Å²) in [7, 11) is -1.63. The molecule has 1 heterocycles. The van der Waals surface area contributed by atoms with Gasteiger partial charge in [-0.05, 0) is 69.9 Å². The molecule has 256 valence electrons. The Bertz CT molecular complexity index is 1790. The van der Waals surface area contributed by atoms with Crippen LogP contribution in [-0.4, -0.2) is 0 Å². The quantitative estimate of drug-likeness (QED) is 0.187. The highest BCUT2D eigenvalue weighted by Crippen LogP contribution is 2.50. The maximum absolute atomic E-state index is 7.47. The van der Waals surface area contributed by atoms with Gasteiger partial charge >= 0.3 is 8.16 Å². The van der Waals surface area contributed by atoms with E-state index in [0.717, 1.165) is 21.9 Å². The summed E-state index contributed by atoms with van der Waals surface area (Å²) in [6, 6.07) is 31.2. The first kappa shape index (κ1) is 36.0. The van der Waals surface area contributed by atoms with E-state index < -0.39 is 8.16 Å². The van der Waals surface area contributed by atoms with Gasteiger partial charge in [0, 0.05) is 34.0 Å². The molecule has 0 N–H and O–H groups in total. The van der Waals surface area contributed by atoms with Crippen molar-refractivity contribution in [2.45, 2.75) is 131 Å². The minimum Gasteiger partial charge on any atom is -0.407 e. The summed E-state index contributed by atoms with van der Waals surface area (Å²) in [6.45, 7) is 32.2. The molecule has 2 atom stereocenters. The van der Waals surface area contributed by atoms with Crippen LogP contribution < -0.4 is 4.67 Å². The Morgan fingerprint density at radius 1 is 0.479 bits per heavy atom. The van der Waals surface area contributed by atoms with E-state index in [4.69, 9.17) is 8.39 Å². The van der Waals surface area contributed by atoms with Gasteiger partial charge in [0.05, 0.1) is 0 Å². The molecule has 0 bridgehead atoms. The van der Waals surface area contributed by atoms with E-state index >= 15 is 0 Å². The molecule has 3 nitrogen and oxygen atoms in total. The summed E-state index contributed by atoms with van der Waals surface area (Å²) >= 11 is 0. The maximum Gasteiger partial charge on any atom is 0.310 e. The van der Waals surface area contributed by atoms with Gasteiger partial charge in [0.15, 0.2) is 0 Å². The third kappa shape index (κ3) is 7.34. The van der Waals surface area contributed by atoms with Crippen molar-refractivity contribution in [1.29, 1.82) is 0 Å². The summed E-state index contributed by atoms with van der Waals surface area (Å²) in [6.07, 6.45) is 0. The highest BCUT2D eigenvalue weighted by molar-refractivity contribution is 7.39. The van der Waals surface area contributed by atoms with Gasteiger partial charge in [0.1, 0.15) is 11.2 Å². The van der Waals surface area contributed by atoms with E-state index in [1.54, 1.807) is 0 Å². The largest absolute Gasteiger partial charge is 0.407 e. The Morgan fingerprint density at radius 3 is 1.10 bits per heavy atom. The Morgan fingerprint density at radius 2 is 0.812 bits per heavy atom. The van der Waals surface area contributed by atoms with E-state index in [1.165, 1.54) is 33.4 Å². The molecule has 0 aliphatic carbocycles. The molecule has 0 aliphatic heterocycles. The van der Waals surface area contributed by atoms with Crippen LogP contribution in [0.3, 0.4) is 0 Å². The normalized spacial score (nSPS) is 14.5. The van der Waals surface area contributed by atoms with E-state index in [0.29, 0.717) is 0 Å². The average molecular weight is 664 g/mol. The van der Waals surface area contributed by atoms with Gasteiger partial charge in [-0.2, -0.15) is 4.67 Å². The van der Waals surface area contributed by atoms with Crippen molar-refractivity contribution >= 4 is 30.1 Å². The number of hydrogen-bond acceptors (Lipinski definition) is 3. The van der Waals surface area contributed by atoms with E-state index in [1.807, 2.05) is 0 Å². The zero-order valence-electron chi connectivity index (χ0n) is 31.9. The van der Waals surface area contributed by atoms with Crippen LogP contribution in [0.2, 0.25) is 0 Å². The molecular weight excluding hydrogens is 605 g/mol. The predicted molar refractivity (Wildman–Crippen MR) is 209 cm³/mol. The molecule has 0 spiro atoms. The van der Waals surface area contributed by atoms with Crippen LogP contribution >= 0.6 is 8.16 Å². The zero-order valence-corrected chi connectivity index (χ0v) is 32.8. The van der Waals surface area contributed by atoms with Crippen LogP contribution in [-0.2, 0) is 21.7 Å². The molecule has 4 heteroatoms. The van der Waals surface area contributed by atoms with Gasteiger partial charge in [0.25, 0.3) is 0 Å². The van der Waals surface area contributed by atoms with Crippen molar-refractivity contribution < 1.29 is 8.39 Å². The van der Waals surface area contributed by atoms with Crippen molar-refractivity contribution in [1.82, 2.24) is 0 Å². The van der Waals surface area contributed by atoms with Crippen molar-refractivity contribution in [3.05, 3.63) is 118 Å². The standard InChI is InChI=1S/C44H58NO2P/c1-29(31-21-17-15-18-22-31)45(30(2)32-23-19-16-20-24-32)48-46-39-35(25-33(41(3,4)5)27-37(39)43(9,10)11)36-26-34(42(6,7)8)28-38(40(36)47-48)44(12,13)14/h15-30H,1-14H3/t29-,30-/m0/s1. The Hall–Kier alpha value is -3.26. The minimum atomic E-state index is -1.63. The Labute approximate surface area is 291 Å². The van der Waals surface area contributed by atoms with Crippen LogP contribution in [0.4, 0.5) is 0 Å². The first-order valence-electron chi connectivity index (χ1n) is 17.6. The smallest absolute Gasteiger partial charge is 0.310 e. The van der Waals surface area contributed by atoms with Crippen LogP contribution in [0, 0.1) is 0 Å². The van der Waals surface area contributed by atoms with Crippen LogP contribution in [0.5, 0.6) is 0 Å². The van der Waals surface area contributed by atoms with Gasteiger partial charge in [-0.15, -0.1) is 0 Å². The molecule has 0 saturated carbocycles. The number of benzene rings is 4. The van der Waals surface area contributed by atoms with Crippen LogP contribution in [0.25, 0.3) is 21.9 Å². The number of hydrogen-bond donors (Lipinski definition) is 0. The number of fused-ring (bicyclic) bond motifs is 3. The first-order valence-corrected chi connectivity index (χ1v) is 18.7.